The van der Waals surface area contributed by atoms with Crippen molar-refractivity contribution in [2.75, 3.05) is 14.2 Å². The van der Waals surface area contributed by atoms with Crippen LogP contribution >= 0.6 is 15.9 Å². The number of aromatic hydroxyl groups is 1. The Morgan fingerprint density at radius 2 is 2.21 bits per heavy atom. The average molecular weight is 260 g/mol. The van der Waals surface area contributed by atoms with Crippen molar-refractivity contribution < 1.29 is 9.84 Å². The van der Waals surface area contributed by atoms with Crippen LogP contribution in [0.1, 0.15) is 11.1 Å². The first-order valence-corrected chi connectivity index (χ1v) is 5.10. The molecule has 0 fully saturated rings. The van der Waals surface area contributed by atoms with Crippen molar-refractivity contribution in [2.24, 2.45) is 0 Å². The highest BCUT2D eigenvalue weighted by Gasteiger charge is 2.13. The van der Waals surface area contributed by atoms with Gasteiger partial charge in [0.1, 0.15) is 0 Å². The van der Waals surface area contributed by atoms with E-state index in [1.165, 1.54) is 7.11 Å². The van der Waals surface area contributed by atoms with Gasteiger partial charge in [-0.15, -0.1) is 0 Å². The monoisotopic (exact) mass is 259 g/mol. The van der Waals surface area contributed by atoms with Crippen LogP contribution in [-0.4, -0.2) is 19.3 Å². The minimum absolute atomic E-state index is 0.203. The largest absolute Gasteiger partial charge is 0.504 e. The summed E-state index contributed by atoms with van der Waals surface area (Å²) < 4.78 is 5.87. The van der Waals surface area contributed by atoms with Crippen molar-refractivity contribution in [2.45, 2.75) is 13.5 Å². The summed E-state index contributed by atoms with van der Waals surface area (Å²) in [4.78, 5) is 0. The summed E-state index contributed by atoms with van der Waals surface area (Å²) in [5.74, 6) is 0.689. The first kappa shape index (κ1) is 11.3. The van der Waals surface area contributed by atoms with Gasteiger partial charge in [0.25, 0.3) is 0 Å². The van der Waals surface area contributed by atoms with Gasteiger partial charge in [-0.25, -0.2) is 0 Å². The highest BCUT2D eigenvalue weighted by molar-refractivity contribution is 9.10. The predicted octanol–water partition coefficient (Wildman–Crippen LogP) is 2.19. The minimum atomic E-state index is 0.203. The molecule has 0 saturated carbocycles. The summed E-state index contributed by atoms with van der Waals surface area (Å²) in [5, 5.41) is 12.9. The molecule has 0 aliphatic heterocycles. The number of aryl methyl sites for hydroxylation is 1. The quantitative estimate of drug-likeness (QED) is 0.875. The van der Waals surface area contributed by atoms with E-state index in [2.05, 4.69) is 21.2 Å². The fourth-order valence-corrected chi connectivity index (χ4v) is 2.07. The molecule has 2 N–H and O–H groups in total. The fraction of sp³-hybridized carbons (Fsp3) is 0.400. The first-order valence-electron chi connectivity index (χ1n) is 4.31. The molecule has 0 amide bonds. The Bertz CT molecular complexity index is 339. The van der Waals surface area contributed by atoms with Gasteiger partial charge in [0, 0.05) is 12.1 Å². The van der Waals surface area contributed by atoms with Crippen molar-refractivity contribution in [1.29, 1.82) is 0 Å². The molecule has 0 aliphatic rings. The van der Waals surface area contributed by atoms with Gasteiger partial charge in [0.15, 0.2) is 11.5 Å². The number of rotatable bonds is 3. The van der Waals surface area contributed by atoms with Gasteiger partial charge >= 0.3 is 0 Å². The molecule has 0 atom stereocenters. The van der Waals surface area contributed by atoms with Gasteiger partial charge < -0.3 is 15.2 Å². The molecule has 0 spiro atoms. The lowest BCUT2D eigenvalue weighted by Crippen LogP contribution is -2.07. The lowest BCUT2D eigenvalue weighted by atomic mass is 10.1. The maximum atomic E-state index is 9.89. The van der Waals surface area contributed by atoms with Gasteiger partial charge in [-0.2, -0.15) is 0 Å². The molecule has 78 valence electrons. The highest BCUT2D eigenvalue weighted by atomic mass is 79.9. The van der Waals surface area contributed by atoms with Crippen molar-refractivity contribution in [3.05, 3.63) is 21.7 Å². The number of hydrogen-bond acceptors (Lipinski definition) is 3. The van der Waals surface area contributed by atoms with Crippen molar-refractivity contribution in [3.8, 4) is 11.5 Å². The average Bonchev–Trinajstić information content (AvgIpc) is 2.12. The molecule has 0 bridgehead atoms. The lowest BCUT2D eigenvalue weighted by molar-refractivity contribution is 0.367. The van der Waals surface area contributed by atoms with Crippen LogP contribution in [0.3, 0.4) is 0 Å². The second kappa shape index (κ2) is 4.66. The number of phenolic OH excluding ortho intramolecular Hbond substituents is 1. The van der Waals surface area contributed by atoms with Gasteiger partial charge in [-0.1, -0.05) is 0 Å². The maximum absolute atomic E-state index is 9.89. The van der Waals surface area contributed by atoms with E-state index >= 15 is 0 Å². The minimum Gasteiger partial charge on any atom is -0.504 e. The SMILES string of the molecule is CNCc1c(C)cc(Br)c(OC)c1O. The highest BCUT2D eigenvalue weighted by Crippen LogP contribution is 2.38. The van der Waals surface area contributed by atoms with Gasteiger partial charge in [0.2, 0.25) is 0 Å². The van der Waals surface area contributed by atoms with Crippen LogP contribution in [0.5, 0.6) is 11.5 Å². The Balaban J connectivity index is 3.28. The normalized spacial score (nSPS) is 10.3. The summed E-state index contributed by atoms with van der Waals surface area (Å²) in [6, 6.07) is 1.94. The number of ether oxygens (including phenoxy) is 1. The molecule has 0 radical (unpaired) electrons. The Morgan fingerprint density at radius 1 is 1.57 bits per heavy atom. The molecule has 0 unspecified atom stereocenters. The lowest BCUT2D eigenvalue weighted by Gasteiger charge is -2.13. The van der Waals surface area contributed by atoms with E-state index in [1.54, 1.807) is 0 Å². The third kappa shape index (κ3) is 2.01. The third-order valence-corrected chi connectivity index (χ3v) is 2.68. The van der Waals surface area contributed by atoms with E-state index in [-0.39, 0.29) is 5.75 Å². The standard InChI is InChI=1S/C10H14BrNO2/c1-6-4-8(11)10(14-3)9(13)7(6)5-12-2/h4,12-13H,5H2,1-3H3. The van der Waals surface area contributed by atoms with Crippen LogP contribution in [0.25, 0.3) is 0 Å². The molecule has 4 heteroatoms. The number of phenols is 1. The Labute approximate surface area is 92.2 Å². The zero-order valence-corrected chi connectivity index (χ0v) is 10.1. The van der Waals surface area contributed by atoms with Crippen molar-refractivity contribution >= 4 is 15.9 Å². The van der Waals surface area contributed by atoms with Crippen molar-refractivity contribution in [3.63, 3.8) is 0 Å². The topological polar surface area (TPSA) is 41.5 Å². The Hall–Kier alpha value is -0.740. The second-order valence-electron chi connectivity index (χ2n) is 3.07. The van der Waals surface area contributed by atoms with Gasteiger partial charge in [0.05, 0.1) is 11.6 Å². The molecule has 1 aromatic rings. The number of methoxy groups -OCH3 is 1. The molecular weight excluding hydrogens is 246 g/mol. The molecule has 1 aromatic carbocycles. The van der Waals surface area contributed by atoms with Crippen LogP contribution < -0.4 is 10.1 Å². The van der Waals surface area contributed by atoms with Gasteiger partial charge in [-0.05, 0) is 41.5 Å². The van der Waals surface area contributed by atoms with Crippen LogP contribution in [0, 0.1) is 6.92 Å². The summed E-state index contributed by atoms with van der Waals surface area (Å²) in [6.45, 7) is 2.58. The van der Waals surface area contributed by atoms with E-state index < -0.39 is 0 Å². The van der Waals surface area contributed by atoms with Crippen molar-refractivity contribution in [1.82, 2.24) is 5.32 Å². The molecule has 0 saturated heterocycles. The third-order valence-electron chi connectivity index (χ3n) is 2.09. The Kier molecular flexibility index (Phi) is 3.77. The van der Waals surface area contributed by atoms with E-state index in [9.17, 15) is 5.11 Å². The molecule has 0 aliphatic carbocycles. The maximum Gasteiger partial charge on any atom is 0.175 e. The van der Waals surface area contributed by atoms with E-state index in [4.69, 9.17) is 4.74 Å². The Morgan fingerprint density at radius 3 is 2.71 bits per heavy atom. The fourth-order valence-electron chi connectivity index (χ4n) is 1.37. The van der Waals surface area contributed by atoms with E-state index in [0.717, 1.165) is 15.6 Å². The summed E-state index contributed by atoms with van der Waals surface area (Å²) in [7, 11) is 3.38. The van der Waals surface area contributed by atoms with Crippen LogP contribution in [0.4, 0.5) is 0 Å². The molecule has 3 nitrogen and oxygen atoms in total. The molecule has 0 aromatic heterocycles. The molecule has 14 heavy (non-hydrogen) atoms. The van der Waals surface area contributed by atoms with Crippen LogP contribution in [0.2, 0.25) is 0 Å². The zero-order chi connectivity index (χ0) is 10.7. The number of benzene rings is 1. The molecule has 1 rings (SSSR count). The van der Waals surface area contributed by atoms with Crippen LogP contribution in [0.15, 0.2) is 10.5 Å². The number of nitrogens with one attached hydrogen (secondary N) is 1. The van der Waals surface area contributed by atoms with Crippen LogP contribution in [-0.2, 0) is 6.54 Å². The summed E-state index contributed by atoms with van der Waals surface area (Å²) in [6.07, 6.45) is 0. The van der Waals surface area contributed by atoms with Gasteiger partial charge in [-0.3, -0.25) is 0 Å². The number of hydrogen-bond donors (Lipinski definition) is 2. The summed E-state index contributed by atoms with van der Waals surface area (Å²) >= 11 is 3.34. The van der Waals surface area contributed by atoms with E-state index in [1.807, 2.05) is 20.0 Å². The predicted molar refractivity (Wildman–Crippen MR) is 59.9 cm³/mol. The number of halogens is 1. The second-order valence-corrected chi connectivity index (χ2v) is 3.92. The molecular formula is C10H14BrNO2. The smallest absolute Gasteiger partial charge is 0.175 e. The van der Waals surface area contributed by atoms with E-state index in [0.29, 0.717) is 12.3 Å². The summed E-state index contributed by atoms with van der Waals surface area (Å²) in [5.41, 5.74) is 1.90. The zero-order valence-electron chi connectivity index (χ0n) is 8.52. The molecule has 0 heterocycles. The first-order chi connectivity index (χ1) is 6.61.